The number of amides is 4. The highest BCUT2D eigenvalue weighted by molar-refractivity contribution is 7.80. The number of rotatable bonds is 14. The number of carboxylic acids is 1. The molecule has 0 aliphatic carbocycles. The van der Waals surface area contributed by atoms with E-state index < -0.39 is 59.7 Å². The zero-order chi connectivity index (χ0) is 25.1. The molecule has 1 heterocycles. The molecule has 0 saturated heterocycles. The highest BCUT2D eigenvalue weighted by atomic mass is 32.1. The van der Waals surface area contributed by atoms with Gasteiger partial charge in [0.25, 0.3) is 0 Å². The quantitative estimate of drug-likeness (QED) is 0.133. The number of nitrogens with one attached hydrogen (secondary N) is 4. The number of carboxylic acid groups (broad SMARTS) is 1. The Labute approximate surface area is 196 Å². The smallest absolute Gasteiger partial charge is 0.326 e. The molecule has 0 saturated carbocycles. The van der Waals surface area contributed by atoms with Crippen LogP contribution in [0.4, 0.5) is 0 Å². The second-order valence-corrected chi connectivity index (χ2v) is 8.13. The Balaban J connectivity index is 2.92. The number of imidazole rings is 1. The van der Waals surface area contributed by atoms with E-state index in [4.69, 9.17) is 11.5 Å². The summed E-state index contributed by atoms with van der Waals surface area (Å²) in [4.78, 5) is 66.8. The zero-order valence-electron chi connectivity index (χ0n) is 18.4. The van der Waals surface area contributed by atoms with Crippen molar-refractivity contribution >= 4 is 42.2 Å². The van der Waals surface area contributed by atoms with E-state index >= 15 is 0 Å². The van der Waals surface area contributed by atoms with Gasteiger partial charge < -0.3 is 37.5 Å². The van der Waals surface area contributed by atoms with Gasteiger partial charge in [-0.1, -0.05) is 13.8 Å². The summed E-state index contributed by atoms with van der Waals surface area (Å²) in [6.07, 6.45) is 2.75. The highest BCUT2D eigenvalue weighted by Crippen LogP contribution is 2.05. The summed E-state index contributed by atoms with van der Waals surface area (Å²) in [5.74, 6) is -4.48. The summed E-state index contributed by atoms with van der Waals surface area (Å²) in [5, 5.41) is 16.6. The molecule has 4 atom stereocenters. The predicted octanol–water partition coefficient (Wildman–Crippen LogP) is -2.33. The number of hydrogen-bond acceptors (Lipinski definition) is 8. The molecule has 33 heavy (non-hydrogen) atoms. The number of carbonyl (C=O) groups excluding carboxylic acids is 4. The molecular weight excluding hydrogens is 454 g/mol. The van der Waals surface area contributed by atoms with Crippen molar-refractivity contribution in [3.63, 3.8) is 0 Å². The second-order valence-electron chi connectivity index (χ2n) is 7.77. The van der Waals surface area contributed by atoms with E-state index in [0.717, 1.165) is 0 Å². The van der Waals surface area contributed by atoms with Crippen molar-refractivity contribution in [1.29, 1.82) is 0 Å². The fraction of sp³-hybridized carbons (Fsp3) is 0.579. The van der Waals surface area contributed by atoms with Crippen LogP contribution in [-0.2, 0) is 30.4 Å². The number of aliphatic carboxylic acids is 1. The maximum Gasteiger partial charge on any atom is 0.326 e. The monoisotopic (exact) mass is 485 g/mol. The van der Waals surface area contributed by atoms with Gasteiger partial charge in [-0.3, -0.25) is 19.2 Å². The minimum atomic E-state index is -1.21. The lowest BCUT2D eigenvalue weighted by Gasteiger charge is -2.25. The maximum atomic E-state index is 12.9. The van der Waals surface area contributed by atoms with Gasteiger partial charge in [0.15, 0.2) is 0 Å². The molecule has 14 heteroatoms. The number of thiol groups is 1. The second kappa shape index (κ2) is 13.4. The van der Waals surface area contributed by atoms with Crippen LogP contribution in [0.2, 0.25) is 0 Å². The predicted molar refractivity (Wildman–Crippen MR) is 121 cm³/mol. The average Bonchev–Trinajstić information content (AvgIpc) is 3.25. The van der Waals surface area contributed by atoms with E-state index in [0.29, 0.717) is 5.69 Å². The van der Waals surface area contributed by atoms with Crippen molar-refractivity contribution in [2.24, 2.45) is 17.4 Å². The van der Waals surface area contributed by atoms with Gasteiger partial charge in [0.2, 0.25) is 23.6 Å². The molecule has 9 N–H and O–H groups in total. The summed E-state index contributed by atoms with van der Waals surface area (Å²) in [5.41, 5.74) is 11.4. The molecule has 4 amide bonds. The standard InChI is InChI=1S/C19H31N7O6S/c1-9(2)15(19(31)32)26-18(30)13(7-33)25-17(29)12(5-10-6-22-8-23-10)24-16(28)11(20)3-4-14(21)27/h6,8-9,11-13,15,33H,3-5,7,20H2,1-2H3,(H2,21,27)(H,22,23)(H,24,28)(H,25,29)(H,26,30)(H,31,32). The summed E-state index contributed by atoms with van der Waals surface area (Å²) in [6.45, 7) is 3.26. The Hall–Kier alpha value is -3.13. The SMILES string of the molecule is CC(C)C(NC(=O)C(CS)NC(=O)C(Cc1cnc[nH]1)NC(=O)C(N)CCC(N)=O)C(=O)O. The van der Waals surface area contributed by atoms with Gasteiger partial charge in [-0.15, -0.1) is 0 Å². The van der Waals surface area contributed by atoms with Gasteiger partial charge in [0.05, 0.1) is 12.4 Å². The van der Waals surface area contributed by atoms with Crippen LogP contribution in [0.3, 0.4) is 0 Å². The molecule has 0 radical (unpaired) electrons. The number of nitrogens with zero attached hydrogens (tertiary/aromatic N) is 1. The molecule has 0 spiro atoms. The van der Waals surface area contributed by atoms with Crippen molar-refractivity contribution in [2.75, 3.05) is 5.75 Å². The Morgan fingerprint density at radius 3 is 2.18 bits per heavy atom. The topological polar surface area (TPSA) is 222 Å². The number of primary amides is 1. The van der Waals surface area contributed by atoms with Gasteiger partial charge in [-0.2, -0.15) is 12.6 Å². The van der Waals surface area contributed by atoms with Crippen LogP contribution in [0.1, 0.15) is 32.4 Å². The van der Waals surface area contributed by atoms with Crippen LogP contribution in [-0.4, -0.2) is 74.6 Å². The molecule has 0 aliphatic rings. The van der Waals surface area contributed by atoms with Gasteiger partial charge in [0, 0.05) is 30.5 Å². The van der Waals surface area contributed by atoms with E-state index in [2.05, 4.69) is 38.5 Å². The number of aromatic amines is 1. The number of H-pyrrole nitrogens is 1. The summed E-state index contributed by atoms with van der Waals surface area (Å²) < 4.78 is 0. The van der Waals surface area contributed by atoms with E-state index in [-0.39, 0.29) is 25.0 Å². The summed E-state index contributed by atoms with van der Waals surface area (Å²) in [6, 6.07) is -4.54. The molecule has 0 bridgehead atoms. The number of nitrogens with two attached hydrogens (primary N) is 2. The normalized spacial score (nSPS) is 14.6. The average molecular weight is 486 g/mol. The highest BCUT2D eigenvalue weighted by Gasteiger charge is 2.31. The molecule has 0 aromatic carbocycles. The minimum absolute atomic E-state index is 0.00473. The lowest BCUT2D eigenvalue weighted by molar-refractivity contribution is -0.143. The Bertz CT molecular complexity index is 833. The van der Waals surface area contributed by atoms with Crippen molar-refractivity contribution < 1.29 is 29.1 Å². The fourth-order valence-electron chi connectivity index (χ4n) is 2.77. The Morgan fingerprint density at radius 1 is 1.09 bits per heavy atom. The molecule has 4 unspecified atom stereocenters. The fourth-order valence-corrected chi connectivity index (χ4v) is 3.02. The summed E-state index contributed by atoms with van der Waals surface area (Å²) in [7, 11) is 0. The Kier molecular flexibility index (Phi) is 11.4. The first-order valence-corrected chi connectivity index (χ1v) is 10.8. The largest absolute Gasteiger partial charge is 0.480 e. The number of hydrogen-bond donors (Lipinski definition) is 8. The van der Waals surface area contributed by atoms with Crippen LogP contribution in [0.15, 0.2) is 12.5 Å². The first-order valence-electron chi connectivity index (χ1n) is 10.2. The molecule has 1 aromatic rings. The zero-order valence-corrected chi connectivity index (χ0v) is 19.3. The molecule has 0 aliphatic heterocycles. The molecule has 184 valence electrons. The molecular formula is C19H31N7O6S. The van der Waals surface area contributed by atoms with Crippen LogP contribution in [0.5, 0.6) is 0 Å². The van der Waals surface area contributed by atoms with Crippen molar-refractivity contribution in [3.8, 4) is 0 Å². The maximum absolute atomic E-state index is 12.9. The van der Waals surface area contributed by atoms with Gasteiger partial charge in [-0.25, -0.2) is 9.78 Å². The van der Waals surface area contributed by atoms with E-state index in [1.54, 1.807) is 13.8 Å². The third-order valence-electron chi connectivity index (χ3n) is 4.70. The summed E-state index contributed by atoms with van der Waals surface area (Å²) >= 11 is 4.07. The van der Waals surface area contributed by atoms with Crippen LogP contribution < -0.4 is 27.4 Å². The van der Waals surface area contributed by atoms with Crippen molar-refractivity contribution in [2.45, 2.75) is 57.3 Å². The Morgan fingerprint density at radius 2 is 1.70 bits per heavy atom. The van der Waals surface area contributed by atoms with Crippen molar-refractivity contribution in [1.82, 2.24) is 25.9 Å². The first kappa shape index (κ1) is 27.9. The van der Waals surface area contributed by atoms with Gasteiger partial charge in [-0.05, 0) is 12.3 Å². The van der Waals surface area contributed by atoms with Gasteiger partial charge in [0.1, 0.15) is 18.1 Å². The van der Waals surface area contributed by atoms with Crippen LogP contribution >= 0.6 is 12.6 Å². The van der Waals surface area contributed by atoms with Crippen LogP contribution in [0, 0.1) is 5.92 Å². The van der Waals surface area contributed by atoms with Crippen LogP contribution in [0.25, 0.3) is 0 Å². The molecule has 13 nitrogen and oxygen atoms in total. The molecule has 1 rings (SSSR count). The number of carbonyl (C=O) groups is 5. The molecule has 0 fully saturated rings. The van der Waals surface area contributed by atoms with Gasteiger partial charge >= 0.3 is 5.97 Å². The lowest BCUT2D eigenvalue weighted by Crippen LogP contribution is -2.58. The lowest BCUT2D eigenvalue weighted by atomic mass is 10.0. The van der Waals surface area contributed by atoms with E-state index in [1.807, 2.05) is 0 Å². The first-order chi connectivity index (χ1) is 15.5. The van der Waals surface area contributed by atoms with Crippen molar-refractivity contribution in [3.05, 3.63) is 18.2 Å². The van der Waals surface area contributed by atoms with E-state index in [9.17, 15) is 29.1 Å². The third-order valence-corrected chi connectivity index (χ3v) is 5.06. The third kappa shape index (κ3) is 9.49. The minimum Gasteiger partial charge on any atom is -0.480 e. The number of aromatic nitrogens is 2. The molecule has 1 aromatic heterocycles. The van der Waals surface area contributed by atoms with E-state index in [1.165, 1.54) is 12.5 Å².